The van der Waals surface area contributed by atoms with Crippen LogP contribution in [0, 0.1) is 11.3 Å². The van der Waals surface area contributed by atoms with Crippen LogP contribution in [0.3, 0.4) is 0 Å². The maximum absolute atomic E-state index is 11.9. The number of rotatable bonds is 3. The molecule has 1 fully saturated rings. The molecule has 1 atom stereocenters. The van der Waals surface area contributed by atoms with Crippen LogP contribution < -0.4 is 5.32 Å². The minimum Gasteiger partial charge on any atom is -0.481 e. The van der Waals surface area contributed by atoms with E-state index in [1.165, 1.54) is 0 Å². The molecular weight excluding hydrogens is 232 g/mol. The number of amides is 2. The van der Waals surface area contributed by atoms with Gasteiger partial charge in [0.1, 0.15) is 0 Å². The normalized spacial score (nSPS) is 21.3. The number of carboxylic acids is 1. The fourth-order valence-electron chi connectivity index (χ4n) is 1.95. The molecule has 104 valence electrons. The molecule has 1 unspecified atom stereocenters. The Labute approximate surface area is 109 Å². The van der Waals surface area contributed by atoms with E-state index in [1.807, 2.05) is 0 Å². The summed E-state index contributed by atoms with van der Waals surface area (Å²) in [7, 11) is 0. The molecular formula is C13H24N2O3. The van der Waals surface area contributed by atoms with Gasteiger partial charge < -0.3 is 15.3 Å². The molecule has 0 saturated carbocycles. The Balaban J connectivity index is 2.43. The molecule has 1 saturated heterocycles. The highest BCUT2D eigenvalue weighted by molar-refractivity contribution is 5.77. The topological polar surface area (TPSA) is 69.6 Å². The largest absolute Gasteiger partial charge is 0.481 e. The van der Waals surface area contributed by atoms with Crippen molar-refractivity contribution in [2.45, 2.75) is 40.0 Å². The molecule has 0 aromatic heterocycles. The van der Waals surface area contributed by atoms with E-state index in [2.05, 4.69) is 12.2 Å². The summed E-state index contributed by atoms with van der Waals surface area (Å²) in [5.74, 6) is -0.231. The van der Waals surface area contributed by atoms with E-state index in [1.54, 1.807) is 18.7 Å². The monoisotopic (exact) mass is 256 g/mol. The Bertz CT molecular complexity index is 315. The van der Waals surface area contributed by atoms with E-state index in [0.717, 1.165) is 32.4 Å². The van der Waals surface area contributed by atoms with Crippen molar-refractivity contribution in [3.8, 4) is 0 Å². The van der Waals surface area contributed by atoms with E-state index in [0.29, 0.717) is 5.92 Å². The third kappa shape index (κ3) is 4.20. The number of nitrogens with zero attached hydrogens (tertiary/aromatic N) is 1. The number of nitrogens with one attached hydrogen (secondary N) is 1. The molecule has 5 nitrogen and oxygen atoms in total. The Morgan fingerprint density at radius 1 is 1.33 bits per heavy atom. The van der Waals surface area contributed by atoms with Gasteiger partial charge in [0, 0.05) is 19.6 Å². The number of urea groups is 1. The molecule has 1 aliphatic rings. The lowest BCUT2D eigenvalue weighted by atomic mass is 9.94. The number of likely N-dealkylation sites (tertiary alicyclic amines) is 1. The predicted molar refractivity (Wildman–Crippen MR) is 69.4 cm³/mol. The first-order valence-corrected chi connectivity index (χ1v) is 6.59. The average molecular weight is 256 g/mol. The van der Waals surface area contributed by atoms with Crippen LogP contribution in [0.2, 0.25) is 0 Å². The van der Waals surface area contributed by atoms with Crippen molar-refractivity contribution >= 4 is 12.0 Å². The van der Waals surface area contributed by atoms with Crippen LogP contribution in [0.4, 0.5) is 4.79 Å². The number of carboxylic acid groups (broad SMARTS) is 1. The van der Waals surface area contributed by atoms with Crippen LogP contribution in [-0.2, 0) is 4.79 Å². The first-order chi connectivity index (χ1) is 8.33. The van der Waals surface area contributed by atoms with Crippen LogP contribution in [0.5, 0.6) is 0 Å². The maximum atomic E-state index is 11.9. The number of aliphatic carboxylic acids is 1. The molecule has 0 aromatic carbocycles. The molecule has 1 rings (SSSR count). The number of hydrogen-bond acceptors (Lipinski definition) is 2. The first kappa shape index (κ1) is 14.8. The third-order valence-electron chi connectivity index (χ3n) is 3.56. The third-order valence-corrected chi connectivity index (χ3v) is 3.56. The number of carbonyl (C=O) groups excluding carboxylic acids is 1. The predicted octanol–water partition coefficient (Wildman–Crippen LogP) is 1.93. The zero-order valence-electron chi connectivity index (χ0n) is 11.5. The fourth-order valence-corrected chi connectivity index (χ4v) is 1.95. The molecule has 5 heteroatoms. The minimum atomic E-state index is -0.922. The molecule has 1 aliphatic heterocycles. The summed E-state index contributed by atoms with van der Waals surface area (Å²) in [6.07, 6.45) is 3.21. The van der Waals surface area contributed by atoms with Crippen LogP contribution in [0.15, 0.2) is 0 Å². The highest BCUT2D eigenvalue weighted by Gasteiger charge is 2.28. The second-order valence-electron chi connectivity index (χ2n) is 5.87. The van der Waals surface area contributed by atoms with Crippen LogP contribution in [0.1, 0.15) is 40.0 Å². The minimum absolute atomic E-state index is 0.140. The molecule has 2 N–H and O–H groups in total. The van der Waals surface area contributed by atoms with Crippen LogP contribution in [0.25, 0.3) is 0 Å². The maximum Gasteiger partial charge on any atom is 0.317 e. The van der Waals surface area contributed by atoms with Crippen molar-refractivity contribution in [3.05, 3.63) is 0 Å². The van der Waals surface area contributed by atoms with Crippen molar-refractivity contribution in [2.24, 2.45) is 11.3 Å². The Morgan fingerprint density at radius 2 is 2.00 bits per heavy atom. The summed E-state index contributed by atoms with van der Waals surface area (Å²) in [6.45, 7) is 7.12. The summed E-state index contributed by atoms with van der Waals surface area (Å²) < 4.78 is 0. The quantitative estimate of drug-likeness (QED) is 0.810. The average Bonchev–Trinajstić information content (AvgIpc) is 2.51. The van der Waals surface area contributed by atoms with E-state index < -0.39 is 11.4 Å². The Kier molecular flexibility index (Phi) is 4.99. The molecule has 2 amide bonds. The molecule has 0 aromatic rings. The summed E-state index contributed by atoms with van der Waals surface area (Å²) in [4.78, 5) is 24.7. The number of carbonyl (C=O) groups is 2. The van der Waals surface area contributed by atoms with Crippen molar-refractivity contribution in [1.82, 2.24) is 10.2 Å². The van der Waals surface area contributed by atoms with Crippen molar-refractivity contribution in [1.29, 1.82) is 0 Å². The first-order valence-electron chi connectivity index (χ1n) is 6.59. The van der Waals surface area contributed by atoms with Gasteiger partial charge in [-0.15, -0.1) is 0 Å². The molecule has 0 bridgehead atoms. The molecule has 0 aliphatic carbocycles. The highest BCUT2D eigenvalue weighted by atomic mass is 16.4. The molecule has 0 spiro atoms. The van der Waals surface area contributed by atoms with E-state index in [9.17, 15) is 9.59 Å². The second kappa shape index (κ2) is 6.07. The summed E-state index contributed by atoms with van der Waals surface area (Å²) in [5.41, 5.74) is -0.922. The van der Waals surface area contributed by atoms with Gasteiger partial charge in [-0.1, -0.05) is 6.92 Å². The lowest BCUT2D eigenvalue weighted by Gasteiger charge is -2.24. The molecule has 1 heterocycles. The van der Waals surface area contributed by atoms with Gasteiger partial charge in [0.25, 0.3) is 0 Å². The lowest BCUT2D eigenvalue weighted by Crippen LogP contribution is -2.45. The van der Waals surface area contributed by atoms with Gasteiger partial charge in [-0.2, -0.15) is 0 Å². The summed E-state index contributed by atoms with van der Waals surface area (Å²) in [6, 6.07) is -0.140. The highest BCUT2D eigenvalue weighted by Crippen LogP contribution is 2.17. The zero-order valence-corrected chi connectivity index (χ0v) is 11.5. The van der Waals surface area contributed by atoms with Gasteiger partial charge in [0.15, 0.2) is 0 Å². The van der Waals surface area contributed by atoms with Gasteiger partial charge >= 0.3 is 12.0 Å². The summed E-state index contributed by atoms with van der Waals surface area (Å²) in [5, 5.41) is 11.7. The second-order valence-corrected chi connectivity index (χ2v) is 5.87. The summed E-state index contributed by atoms with van der Waals surface area (Å²) >= 11 is 0. The van der Waals surface area contributed by atoms with E-state index in [4.69, 9.17) is 5.11 Å². The molecule has 0 radical (unpaired) electrons. The van der Waals surface area contributed by atoms with Crippen LogP contribution >= 0.6 is 0 Å². The Morgan fingerprint density at radius 3 is 2.61 bits per heavy atom. The van der Waals surface area contributed by atoms with Crippen LogP contribution in [-0.4, -0.2) is 41.6 Å². The zero-order chi connectivity index (χ0) is 13.8. The number of hydrogen-bond donors (Lipinski definition) is 2. The van der Waals surface area contributed by atoms with Gasteiger partial charge in [-0.3, -0.25) is 4.79 Å². The SMILES string of the molecule is CC1CCCN(C(=O)NCC(C)(C)C(=O)O)CC1. The smallest absolute Gasteiger partial charge is 0.317 e. The van der Waals surface area contributed by atoms with Gasteiger partial charge in [-0.05, 0) is 39.0 Å². The van der Waals surface area contributed by atoms with E-state index in [-0.39, 0.29) is 12.6 Å². The van der Waals surface area contributed by atoms with E-state index >= 15 is 0 Å². The molecule has 18 heavy (non-hydrogen) atoms. The fraction of sp³-hybridized carbons (Fsp3) is 0.846. The lowest BCUT2D eigenvalue weighted by molar-refractivity contribution is -0.146. The standard InChI is InChI=1S/C13H24N2O3/c1-10-5-4-7-15(8-6-10)12(18)14-9-13(2,3)11(16)17/h10H,4-9H2,1-3H3,(H,14,18)(H,16,17). The van der Waals surface area contributed by atoms with Gasteiger partial charge in [-0.25, -0.2) is 4.79 Å². The Hall–Kier alpha value is -1.26. The van der Waals surface area contributed by atoms with Gasteiger partial charge in [0.2, 0.25) is 0 Å². The van der Waals surface area contributed by atoms with Crippen molar-refractivity contribution < 1.29 is 14.7 Å². The van der Waals surface area contributed by atoms with Gasteiger partial charge in [0.05, 0.1) is 5.41 Å². The van der Waals surface area contributed by atoms with Crippen molar-refractivity contribution in [3.63, 3.8) is 0 Å². The van der Waals surface area contributed by atoms with Crippen molar-refractivity contribution in [2.75, 3.05) is 19.6 Å².